The van der Waals surface area contributed by atoms with E-state index >= 15 is 0 Å². The van der Waals surface area contributed by atoms with Gasteiger partial charge in [0, 0.05) is 31.1 Å². The molecule has 0 aromatic carbocycles. The van der Waals surface area contributed by atoms with Crippen LogP contribution in [0.1, 0.15) is 16.1 Å². The number of thiophene rings is 1. The molecule has 1 saturated heterocycles. The predicted octanol–water partition coefficient (Wildman–Crippen LogP) is 1.61. The smallest absolute Gasteiger partial charge is 0.264 e. The molecule has 6 heteroatoms. The largest absolute Gasteiger partial charge is 0.496 e. The van der Waals surface area contributed by atoms with Crippen LogP contribution in [-0.4, -0.2) is 44.1 Å². The van der Waals surface area contributed by atoms with Gasteiger partial charge in [-0.25, -0.2) is 0 Å². The van der Waals surface area contributed by atoms with Crippen LogP contribution in [0.2, 0.25) is 0 Å². The van der Waals surface area contributed by atoms with Crippen LogP contribution in [0.4, 0.5) is 0 Å². The van der Waals surface area contributed by atoms with Crippen molar-refractivity contribution in [3.8, 4) is 5.75 Å². The third-order valence-corrected chi connectivity index (χ3v) is 3.55. The molecule has 0 radical (unpaired) electrons. The highest BCUT2D eigenvalue weighted by Gasteiger charge is 2.18. The average Bonchev–Trinajstić information content (AvgIpc) is 2.62. The van der Waals surface area contributed by atoms with E-state index in [4.69, 9.17) is 4.74 Å². The molecule has 1 fully saturated rings. The van der Waals surface area contributed by atoms with Crippen LogP contribution < -0.4 is 10.1 Å². The van der Waals surface area contributed by atoms with Gasteiger partial charge in [-0.3, -0.25) is 4.79 Å². The van der Waals surface area contributed by atoms with E-state index in [0.717, 1.165) is 43.2 Å². The molecule has 4 nitrogen and oxygen atoms in total. The maximum atomic E-state index is 12.1. The number of halogens is 1. The number of rotatable bonds is 2. The number of nitrogens with one attached hydrogen (secondary N) is 1. The van der Waals surface area contributed by atoms with E-state index in [9.17, 15) is 4.79 Å². The number of hydrogen-bond acceptors (Lipinski definition) is 4. The van der Waals surface area contributed by atoms with Crippen LogP contribution in [0.25, 0.3) is 0 Å². The van der Waals surface area contributed by atoms with Crippen molar-refractivity contribution in [1.29, 1.82) is 0 Å². The van der Waals surface area contributed by atoms with Crippen LogP contribution in [-0.2, 0) is 0 Å². The molecule has 1 aromatic rings. The number of amides is 1. The standard InChI is InChI=1S/C11H16N2O2S.ClH/c1-15-9-7-10(16-8-9)11(14)13-5-2-3-12-4-6-13;/h7-8,12H,2-6H2,1H3;1H. The molecule has 1 aromatic heterocycles. The topological polar surface area (TPSA) is 41.6 Å². The number of ether oxygens (including phenoxy) is 1. The Morgan fingerprint density at radius 3 is 3.00 bits per heavy atom. The molecule has 2 rings (SSSR count). The molecule has 0 bridgehead atoms. The third-order valence-electron chi connectivity index (χ3n) is 2.65. The van der Waals surface area contributed by atoms with E-state index in [0.29, 0.717) is 0 Å². The fourth-order valence-electron chi connectivity index (χ4n) is 1.74. The van der Waals surface area contributed by atoms with Gasteiger partial charge in [0.1, 0.15) is 5.75 Å². The minimum Gasteiger partial charge on any atom is -0.496 e. The van der Waals surface area contributed by atoms with Crippen molar-refractivity contribution in [2.24, 2.45) is 0 Å². The number of carbonyl (C=O) groups excluding carboxylic acids is 1. The van der Waals surface area contributed by atoms with Crippen LogP contribution in [0.15, 0.2) is 11.4 Å². The zero-order chi connectivity index (χ0) is 11.4. The van der Waals surface area contributed by atoms with Crippen molar-refractivity contribution >= 4 is 29.7 Å². The Morgan fingerprint density at radius 1 is 1.47 bits per heavy atom. The molecule has 1 amide bonds. The van der Waals surface area contributed by atoms with Gasteiger partial charge < -0.3 is 15.0 Å². The Hall–Kier alpha value is -0.780. The predicted molar refractivity (Wildman–Crippen MR) is 71.5 cm³/mol. The highest BCUT2D eigenvalue weighted by atomic mass is 35.5. The maximum absolute atomic E-state index is 12.1. The lowest BCUT2D eigenvalue weighted by molar-refractivity contribution is 0.0771. The molecule has 0 atom stereocenters. The van der Waals surface area contributed by atoms with Crippen molar-refractivity contribution in [1.82, 2.24) is 10.2 Å². The SMILES string of the molecule is COc1csc(C(=O)N2CCCNCC2)c1.Cl. The lowest BCUT2D eigenvalue weighted by Crippen LogP contribution is -2.33. The van der Waals surface area contributed by atoms with Crippen molar-refractivity contribution < 1.29 is 9.53 Å². The van der Waals surface area contributed by atoms with Crippen molar-refractivity contribution in [2.45, 2.75) is 6.42 Å². The zero-order valence-corrected chi connectivity index (χ0v) is 11.4. The molecule has 0 spiro atoms. The summed E-state index contributed by atoms with van der Waals surface area (Å²) in [4.78, 5) is 14.8. The third kappa shape index (κ3) is 3.59. The van der Waals surface area contributed by atoms with E-state index < -0.39 is 0 Å². The Labute approximate surface area is 111 Å². The summed E-state index contributed by atoms with van der Waals surface area (Å²) in [6, 6.07) is 1.81. The fraction of sp³-hybridized carbons (Fsp3) is 0.545. The van der Waals surface area contributed by atoms with Crippen LogP contribution >= 0.6 is 23.7 Å². The van der Waals surface area contributed by atoms with Crippen molar-refractivity contribution in [2.75, 3.05) is 33.3 Å². The molecule has 2 heterocycles. The second-order valence-electron chi connectivity index (χ2n) is 3.75. The quantitative estimate of drug-likeness (QED) is 0.892. The van der Waals surface area contributed by atoms with Crippen LogP contribution in [0.3, 0.4) is 0 Å². The van der Waals surface area contributed by atoms with Gasteiger partial charge in [-0.05, 0) is 13.0 Å². The minimum absolute atomic E-state index is 0. The summed E-state index contributed by atoms with van der Waals surface area (Å²) in [5.41, 5.74) is 0. The van der Waals surface area contributed by atoms with Gasteiger partial charge in [-0.15, -0.1) is 23.7 Å². The highest BCUT2D eigenvalue weighted by molar-refractivity contribution is 7.12. The molecule has 1 aliphatic rings. The first-order chi connectivity index (χ1) is 7.81. The van der Waals surface area contributed by atoms with Gasteiger partial charge in [0.05, 0.1) is 12.0 Å². The molecule has 1 aliphatic heterocycles. The number of hydrogen-bond donors (Lipinski definition) is 1. The summed E-state index contributed by atoms with van der Waals surface area (Å²) in [7, 11) is 1.62. The van der Waals surface area contributed by atoms with E-state index in [1.807, 2.05) is 16.3 Å². The van der Waals surface area contributed by atoms with E-state index in [-0.39, 0.29) is 18.3 Å². The average molecular weight is 277 g/mol. The summed E-state index contributed by atoms with van der Waals surface area (Å²) in [6.07, 6.45) is 1.02. The molecule has 17 heavy (non-hydrogen) atoms. The molecule has 1 N–H and O–H groups in total. The Morgan fingerprint density at radius 2 is 2.29 bits per heavy atom. The van der Waals surface area contributed by atoms with Gasteiger partial charge in [0.2, 0.25) is 0 Å². The highest BCUT2D eigenvalue weighted by Crippen LogP contribution is 2.22. The number of methoxy groups -OCH3 is 1. The monoisotopic (exact) mass is 276 g/mol. The zero-order valence-electron chi connectivity index (χ0n) is 9.77. The fourth-order valence-corrected chi connectivity index (χ4v) is 2.56. The summed E-state index contributed by atoms with van der Waals surface area (Å²) in [6.45, 7) is 3.51. The lowest BCUT2D eigenvalue weighted by atomic mass is 10.3. The van der Waals surface area contributed by atoms with E-state index in [2.05, 4.69) is 5.32 Å². The first-order valence-corrected chi connectivity index (χ1v) is 6.32. The minimum atomic E-state index is 0. The van der Waals surface area contributed by atoms with E-state index in [1.165, 1.54) is 11.3 Å². The van der Waals surface area contributed by atoms with Crippen LogP contribution in [0, 0.1) is 0 Å². The Kier molecular flexibility index (Phi) is 5.74. The second-order valence-corrected chi connectivity index (χ2v) is 4.66. The Balaban J connectivity index is 0.00000144. The molecule has 0 aliphatic carbocycles. The van der Waals surface area contributed by atoms with Gasteiger partial charge in [0.25, 0.3) is 5.91 Å². The van der Waals surface area contributed by atoms with Gasteiger partial charge in [-0.2, -0.15) is 0 Å². The summed E-state index contributed by atoms with van der Waals surface area (Å²) in [5.74, 6) is 0.887. The number of carbonyl (C=O) groups is 1. The lowest BCUT2D eigenvalue weighted by Gasteiger charge is -2.18. The van der Waals surface area contributed by atoms with Gasteiger partial charge >= 0.3 is 0 Å². The summed E-state index contributed by atoms with van der Waals surface area (Å²) < 4.78 is 5.08. The first kappa shape index (κ1) is 14.3. The molecule has 96 valence electrons. The van der Waals surface area contributed by atoms with Gasteiger partial charge in [-0.1, -0.05) is 0 Å². The molecular weight excluding hydrogens is 260 g/mol. The number of nitrogens with zero attached hydrogens (tertiary/aromatic N) is 1. The summed E-state index contributed by atoms with van der Waals surface area (Å²) >= 11 is 1.45. The van der Waals surface area contributed by atoms with Crippen molar-refractivity contribution in [3.05, 3.63) is 16.3 Å². The normalized spacial score (nSPS) is 15.9. The molecular formula is C11H17ClN2O2S. The van der Waals surface area contributed by atoms with Crippen LogP contribution in [0.5, 0.6) is 5.75 Å². The summed E-state index contributed by atoms with van der Waals surface area (Å²) in [5, 5.41) is 5.15. The second kappa shape index (κ2) is 6.83. The van der Waals surface area contributed by atoms with Crippen molar-refractivity contribution in [3.63, 3.8) is 0 Å². The van der Waals surface area contributed by atoms with E-state index in [1.54, 1.807) is 7.11 Å². The van der Waals surface area contributed by atoms with Gasteiger partial charge in [0.15, 0.2) is 0 Å². The first-order valence-electron chi connectivity index (χ1n) is 5.44. The molecule has 0 unspecified atom stereocenters. The molecule has 0 saturated carbocycles. The maximum Gasteiger partial charge on any atom is 0.264 e. The Bertz CT molecular complexity index is 362.